The number of carboxylic acids is 1. The molecule has 1 aromatic rings. The molecule has 2 rings (SSSR count). The topological polar surface area (TPSA) is 77.8 Å². The van der Waals surface area contributed by atoms with Gasteiger partial charge in [0.2, 0.25) is 5.91 Å². The van der Waals surface area contributed by atoms with E-state index in [2.05, 4.69) is 0 Å². The Hall–Kier alpha value is -2.04. The number of para-hydroxylation sites is 1. The molecule has 0 aliphatic carbocycles. The zero-order chi connectivity index (χ0) is 13.8. The fourth-order valence-corrected chi connectivity index (χ4v) is 2.41. The van der Waals surface area contributed by atoms with Gasteiger partial charge in [0.1, 0.15) is 5.75 Å². The molecule has 1 heterocycles. The lowest BCUT2D eigenvalue weighted by molar-refractivity contribution is -0.138. The molecule has 1 atom stereocenters. The van der Waals surface area contributed by atoms with E-state index in [1.807, 2.05) is 0 Å². The summed E-state index contributed by atoms with van der Waals surface area (Å²) in [5, 5.41) is 18.4. The van der Waals surface area contributed by atoms with Crippen LogP contribution in [-0.4, -0.2) is 40.1 Å². The lowest BCUT2D eigenvalue weighted by atomic mass is 10.1. The fraction of sp³-hybridized carbons (Fsp3) is 0.429. The van der Waals surface area contributed by atoms with Crippen molar-refractivity contribution in [3.63, 3.8) is 0 Å². The van der Waals surface area contributed by atoms with Gasteiger partial charge in [0.05, 0.1) is 6.42 Å². The molecule has 5 nitrogen and oxygen atoms in total. The first-order chi connectivity index (χ1) is 9.06. The summed E-state index contributed by atoms with van der Waals surface area (Å²) >= 11 is 0. The average molecular weight is 263 g/mol. The number of likely N-dealkylation sites (tertiary alicyclic amines) is 1. The molecule has 0 bridgehead atoms. The monoisotopic (exact) mass is 263 g/mol. The van der Waals surface area contributed by atoms with Gasteiger partial charge in [-0.15, -0.1) is 0 Å². The van der Waals surface area contributed by atoms with Crippen LogP contribution in [0.1, 0.15) is 18.4 Å². The molecule has 5 heteroatoms. The van der Waals surface area contributed by atoms with Crippen molar-refractivity contribution in [2.75, 3.05) is 13.1 Å². The van der Waals surface area contributed by atoms with E-state index in [4.69, 9.17) is 5.11 Å². The van der Waals surface area contributed by atoms with E-state index in [0.29, 0.717) is 18.7 Å². The Bertz CT molecular complexity index is 486. The largest absolute Gasteiger partial charge is 0.508 e. The van der Waals surface area contributed by atoms with E-state index in [1.165, 1.54) is 0 Å². The lowest BCUT2D eigenvalue weighted by Crippen LogP contribution is -2.30. The van der Waals surface area contributed by atoms with Gasteiger partial charge in [-0.2, -0.15) is 0 Å². The van der Waals surface area contributed by atoms with Gasteiger partial charge < -0.3 is 15.1 Å². The van der Waals surface area contributed by atoms with Crippen LogP contribution in [-0.2, 0) is 16.0 Å². The van der Waals surface area contributed by atoms with Crippen molar-refractivity contribution in [2.24, 2.45) is 5.92 Å². The Labute approximate surface area is 111 Å². The molecule has 102 valence electrons. The molecule has 0 aromatic heterocycles. The highest BCUT2D eigenvalue weighted by atomic mass is 16.4. The molecule has 19 heavy (non-hydrogen) atoms. The van der Waals surface area contributed by atoms with Crippen LogP contribution in [0.25, 0.3) is 0 Å². The number of nitrogens with zero attached hydrogens (tertiary/aromatic N) is 1. The van der Waals surface area contributed by atoms with Crippen LogP contribution in [0.2, 0.25) is 0 Å². The van der Waals surface area contributed by atoms with Crippen LogP contribution in [0, 0.1) is 5.92 Å². The molecule has 0 saturated carbocycles. The van der Waals surface area contributed by atoms with Crippen molar-refractivity contribution in [2.45, 2.75) is 19.3 Å². The van der Waals surface area contributed by atoms with E-state index in [0.717, 1.165) is 6.42 Å². The van der Waals surface area contributed by atoms with Crippen molar-refractivity contribution in [1.29, 1.82) is 0 Å². The maximum atomic E-state index is 12.1. The van der Waals surface area contributed by atoms with Crippen molar-refractivity contribution in [1.82, 2.24) is 4.90 Å². The molecule has 1 amide bonds. The maximum absolute atomic E-state index is 12.1. The molecular formula is C14H17NO4. The number of carbonyl (C=O) groups excluding carboxylic acids is 1. The molecule has 1 saturated heterocycles. The molecule has 1 fully saturated rings. The minimum absolute atomic E-state index is 0.0471. The number of amides is 1. The van der Waals surface area contributed by atoms with Gasteiger partial charge in [0.25, 0.3) is 0 Å². The first-order valence-corrected chi connectivity index (χ1v) is 6.32. The predicted octanol–water partition coefficient (Wildman–Crippen LogP) is 1.26. The Morgan fingerprint density at radius 1 is 1.32 bits per heavy atom. The minimum atomic E-state index is -0.819. The van der Waals surface area contributed by atoms with E-state index in [-0.39, 0.29) is 30.4 Å². The van der Waals surface area contributed by atoms with Crippen LogP contribution in [0.3, 0.4) is 0 Å². The van der Waals surface area contributed by atoms with Gasteiger partial charge >= 0.3 is 5.97 Å². The number of phenolic OH excluding ortho intramolecular Hbond substituents is 1. The van der Waals surface area contributed by atoms with Crippen LogP contribution in [0.15, 0.2) is 24.3 Å². The van der Waals surface area contributed by atoms with Crippen LogP contribution >= 0.6 is 0 Å². The Morgan fingerprint density at radius 2 is 2.05 bits per heavy atom. The minimum Gasteiger partial charge on any atom is -0.508 e. The first-order valence-electron chi connectivity index (χ1n) is 6.32. The molecule has 1 aliphatic rings. The predicted molar refractivity (Wildman–Crippen MR) is 68.8 cm³/mol. The molecule has 0 radical (unpaired) electrons. The Kier molecular flexibility index (Phi) is 4.04. The van der Waals surface area contributed by atoms with Crippen LogP contribution in [0.5, 0.6) is 5.75 Å². The number of aromatic hydroxyl groups is 1. The van der Waals surface area contributed by atoms with Crippen molar-refractivity contribution >= 4 is 11.9 Å². The van der Waals surface area contributed by atoms with Crippen LogP contribution in [0.4, 0.5) is 0 Å². The summed E-state index contributed by atoms with van der Waals surface area (Å²) in [5.74, 6) is -0.711. The third kappa shape index (κ3) is 3.47. The summed E-state index contributed by atoms with van der Waals surface area (Å²) in [6.07, 6.45) is 1.01. The highest BCUT2D eigenvalue weighted by Gasteiger charge is 2.27. The van der Waals surface area contributed by atoms with Gasteiger partial charge in [0, 0.05) is 25.1 Å². The summed E-state index contributed by atoms with van der Waals surface area (Å²) in [7, 11) is 0. The summed E-state index contributed by atoms with van der Waals surface area (Å²) in [4.78, 5) is 24.4. The van der Waals surface area contributed by atoms with Crippen molar-refractivity contribution in [3.05, 3.63) is 29.8 Å². The second-order valence-electron chi connectivity index (χ2n) is 4.90. The second kappa shape index (κ2) is 5.73. The zero-order valence-electron chi connectivity index (χ0n) is 10.6. The van der Waals surface area contributed by atoms with Gasteiger partial charge in [-0.3, -0.25) is 9.59 Å². The fourth-order valence-electron chi connectivity index (χ4n) is 2.41. The number of carboxylic acid groups (broad SMARTS) is 1. The summed E-state index contributed by atoms with van der Waals surface area (Å²) < 4.78 is 0. The summed E-state index contributed by atoms with van der Waals surface area (Å²) in [5.41, 5.74) is 0.606. The third-order valence-electron chi connectivity index (χ3n) is 3.44. The Morgan fingerprint density at radius 3 is 2.74 bits per heavy atom. The van der Waals surface area contributed by atoms with Crippen LogP contribution < -0.4 is 0 Å². The molecule has 2 N–H and O–H groups in total. The molecular weight excluding hydrogens is 246 g/mol. The van der Waals surface area contributed by atoms with Crippen molar-refractivity contribution in [3.8, 4) is 5.75 Å². The molecule has 1 unspecified atom stereocenters. The van der Waals surface area contributed by atoms with Gasteiger partial charge in [-0.25, -0.2) is 0 Å². The average Bonchev–Trinajstić information content (AvgIpc) is 2.79. The van der Waals surface area contributed by atoms with E-state index in [9.17, 15) is 14.7 Å². The Balaban J connectivity index is 1.91. The highest BCUT2D eigenvalue weighted by molar-refractivity contribution is 5.80. The SMILES string of the molecule is O=C(O)CC1CCN(C(=O)Cc2ccccc2O)C1. The smallest absolute Gasteiger partial charge is 0.303 e. The number of phenols is 1. The molecule has 0 spiro atoms. The summed E-state index contributed by atoms with van der Waals surface area (Å²) in [6.45, 7) is 1.10. The second-order valence-corrected chi connectivity index (χ2v) is 4.90. The van der Waals surface area contributed by atoms with E-state index < -0.39 is 5.97 Å². The van der Waals surface area contributed by atoms with Gasteiger partial charge in [-0.1, -0.05) is 18.2 Å². The standard InChI is InChI=1S/C14H17NO4/c16-12-4-2-1-3-11(12)8-13(17)15-6-5-10(9-15)7-14(18)19/h1-4,10,16H,5-9H2,(H,18,19). The number of rotatable bonds is 4. The van der Waals surface area contributed by atoms with E-state index in [1.54, 1.807) is 29.2 Å². The number of hydrogen-bond donors (Lipinski definition) is 2. The number of aliphatic carboxylic acids is 1. The maximum Gasteiger partial charge on any atom is 0.303 e. The molecule has 1 aromatic carbocycles. The zero-order valence-corrected chi connectivity index (χ0v) is 10.6. The third-order valence-corrected chi connectivity index (χ3v) is 3.44. The number of hydrogen-bond acceptors (Lipinski definition) is 3. The van der Waals surface area contributed by atoms with Crippen molar-refractivity contribution < 1.29 is 19.8 Å². The lowest BCUT2D eigenvalue weighted by Gasteiger charge is -2.16. The first kappa shape index (κ1) is 13.4. The normalized spacial score (nSPS) is 18.5. The van der Waals surface area contributed by atoms with Gasteiger partial charge in [-0.05, 0) is 18.4 Å². The van der Waals surface area contributed by atoms with Gasteiger partial charge in [0.15, 0.2) is 0 Å². The molecule has 1 aliphatic heterocycles. The number of benzene rings is 1. The van der Waals surface area contributed by atoms with E-state index >= 15 is 0 Å². The quantitative estimate of drug-likeness (QED) is 0.857. The highest BCUT2D eigenvalue weighted by Crippen LogP contribution is 2.22. The number of carbonyl (C=O) groups is 2. The summed E-state index contributed by atoms with van der Waals surface area (Å²) in [6, 6.07) is 6.76.